The van der Waals surface area contributed by atoms with Gasteiger partial charge in [-0.25, -0.2) is 4.79 Å². The number of benzene rings is 1. The monoisotopic (exact) mass is 924 g/mol. The summed E-state index contributed by atoms with van der Waals surface area (Å²) >= 11 is 6.93. The van der Waals surface area contributed by atoms with Gasteiger partial charge in [0.25, 0.3) is 0 Å². The van der Waals surface area contributed by atoms with E-state index >= 15 is 0 Å². The number of halogens is 3. The third-order valence-electron chi connectivity index (χ3n) is 12.3. The van der Waals surface area contributed by atoms with Gasteiger partial charge in [0.05, 0.1) is 14.3 Å². The van der Waals surface area contributed by atoms with Crippen molar-refractivity contribution in [1.82, 2.24) is 0 Å². The highest BCUT2D eigenvalue weighted by atomic mass is 127. The van der Waals surface area contributed by atoms with Crippen molar-refractivity contribution in [1.29, 1.82) is 0 Å². The smallest absolute Gasteiger partial charge is 0.331 e. The molecule has 0 amide bonds. The number of carbonyl (C=O) groups excluding carboxylic acids is 1. The van der Waals surface area contributed by atoms with Gasteiger partial charge >= 0.3 is 5.97 Å². The summed E-state index contributed by atoms with van der Waals surface area (Å²) in [5.74, 6) is 5.70. The molecule has 0 aromatic heterocycles. The zero-order chi connectivity index (χ0) is 31.1. The maximum absolute atomic E-state index is 13.0. The molecule has 0 unspecified atom stereocenters. The Bertz CT molecular complexity index is 1250. The van der Waals surface area contributed by atoms with Gasteiger partial charge in [0, 0.05) is 21.6 Å². The van der Waals surface area contributed by atoms with Crippen molar-refractivity contribution in [2.45, 2.75) is 111 Å². The van der Waals surface area contributed by atoms with Crippen LogP contribution in [-0.2, 0) is 9.53 Å². The fourth-order valence-corrected chi connectivity index (χ4v) is 14.2. The van der Waals surface area contributed by atoms with Crippen LogP contribution in [0.2, 0.25) is 0 Å². The molecule has 3 saturated carbocycles. The predicted molar refractivity (Wildman–Crippen MR) is 203 cm³/mol. The molecule has 4 aliphatic carbocycles. The SMILES string of the molecule is COc1c(I)cc(I)c(C=CC(=O)O[C@H]2CC[C@@]3(C)C(=CC[C@H]4[C@@H]5CC[C@H]([C@H](C)CCCC(C)C)[C@@]5(C)CC[C@@H]43)C2)c1I. The van der Waals surface area contributed by atoms with Crippen LogP contribution in [0.1, 0.15) is 111 Å². The maximum Gasteiger partial charge on any atom is 0.331 e. The van der Waals surface area contributed by atoms with E-state index in [1.807, 2.05) is 6.08 Å². The van der Waals surface area contributed by atoms with Crippen molar-refractivity contribution < 1.29 is 14.3 Å². The molecule has 0 saturated heterocycles. The van der Waals surface area contributed by atoms with E-state index in [2.05, 4.69) is 115 Å². The van der Waals surface area contributed by atoms with Gasteiger partial charge in [-0.3, -0.25) is 0 Å². The molecule has 0 aliphatic heterocycles. The maximum atomic E-state index is 13.0. The van der Waals surface area contributed by atoms with Crippen LogP contribution in [-0.4, -0.2) is 19.2 Å². The Labute approximate surface area is 302 Å². The van der Waals surface area contributed by atoms with Crippen molar-refractivity contribution in [2.24, 2.45) is 46.3 Å². The number of hydrogen-bond donors (Lipinski definition) is 0. The van der Waals surface area contributed by atoms with Crippen molar-refractivity contribution in [3.63, 3.8) is 0 Å². The summed E-state index contributed by atoms with van der Waals surface area (Å²) < 4.78 is 14.9. The van der Waals surface area contributed by atoms with E-state index in [1.165, 1.54) is 51.4 Å². The number of carbonyl (C=O) groups is 1. The van der Waals surface area contributed by atoms with E-state index in [4.69, 9.17) is 9.47 Å². The second kappa shape index (κ2) is 14.1. The molecular formula is C37H51I3O3. The van der Waals surface area contributed by atoms with Crippen molar-refractivity contribution in [3.8, 4) is 5.75 Å². The van der Waals surface area contributed by atoms with Crippen LogP contribution in [0.4, 0.5) is 0 Å². The first-order valence-electron chi connectivity index (χ1n) is 16.7. The number of methoxy groups -OCH3 is 1. The molecule has 1 aromatic carbocycles. The van der Waals surface area contributed by atoms with Crippen LogP contribution in [0.5, 0.6) is 5.75 Å². The minimum absolute atomic E-state index is 0.0196. The van der Waals surface area contributed by atoms with Gasteiger partial charge in [0.2, 0.25) is 0 Å². The predicted octanol–water partition coefficient (Wildman–Crippen LogP) is 11.5. The number of hydrogen-bond acceptors (Lipinski definition) is 3. The molecule has 238 valence electrons. The molecule has 43 heavy (non-hydrogen) atoms. The highest BCUT2D eigenvalue weighted by molar-refractivity contribution is 14.1. The third-order valence-corrected chi connectivity index (χ3v) is 15.1. The minimum atomic E-state index is -0.236. The van der Waals surface area contributed by atoms with E-state index in [0.29, 0.717) is 5.41 Å². The Morgan fingerprint density at radius 1 is 1.02 bits per heavy atom. The zero-order valence-corrected chi connectivity index (χ0v) is 33.5. The van der Waals surface area contributed by atoms with E-state index in [-0.39, 0.29) is 17.5 Å². The Morgan fingerprint density at radius 3 is 2.51 bits per heavy atom. The molecular weight excluding hydrogens is 873 g/mol. The lowest BCUT2D eigenvalue weighted by molar-refractivity contribution is -0.145. The number of esters is 1. The van der Waals surface area contributed by atoms with E-state index in [0.717, 1.165) is 76.8 Å². The van der Waals surface area contributed by atoms with Crippen LogP contribution in [0, 0.1) is 57.0 Å². The summed E-state index contributed by atoms with van der Waals surface area (Å²) in [6.07, 6.45) is 20.2. The third kappa shape index (κ3) is 6.92. The highest BCUT2D eigenvalue weighted by Crippen LogP contribution is 2.67. The zero-order valence-electron chi connectivity index (χ0n) is 27.0. The number of fused-ring (bicyclic) bond motifs is 5. The van der Waals surface area contributed by atoms with Crippen LogP contribution < -0.4 is 4.74 Å². The topological polar surface area (TPSA) is 35.5 Å². The summed E-state index contributed by atoms with van der Waals surface area (Å²) in [5.41, 5.74) is 3.38. The molecule has 0 radical (unpaired) electrons. The van der Waals surface area contributed by atoms with Crippen LogP contribution in [0.25, 0.3) is 6.08 Å². The van der Waals surface area contributed by atoms with Crippen molar-refractivity contribution in [2.75, 3.05) is 7.11 Å². The molecule has 4 aliphatic rings. The summed E-state index contributed by atoms with van der Waals surface area (Å²) in [7, 11) is 1.69. The summed E-state index contributed by atoms with van der Waals surface area (Å²) in [5, 5.41) is 0. The Kier molecular flexibility index (Phi) is 11.3. The van der Waals surface area contributed by atoms with E-state index in [9.17, 15) is 4.79 Å². The average molecular weight is 925 g/mol. The van der Waals surface area contributed by atoms with Crippen LogP contribution in [0.15, 0.2) is 23.8 Å². The first-order chi connectivity index (χ1) is 20.4. The molecule has 0 spiro atoms. The fraction of sp³-hybridized carbons (Fsp3) is 0.703. The molecule has 3 fully saturated rings. The van der Waals surface area contributed by atoms with E-state index in [1.54, 1.807) is 18.8 Å². The van der Waals surface area contributed by atoms with E-state index < -0.39 is 0 Å². The second-order valence-corrected chi connectivity index (χ2v) is 18.4. The van der Waals surface area contributed by atoms with Gasteiger partial charge in [0.15, 0.2) is 0 Å². The fourth-order valence-electron chi connectivity index (χ4n) is 10.0. The van der Waals surface area contributed by atoms with Crippen LogP contribution in [0.3, 0.4) is 0 Å². The number of allylic oxidation sites excluding steroid dienone is 1. The molecule has 0 heterocycles. The normalized spacial score (nSPS) is 34.4. The highest BCUT2D eigenvalue weighted by Gasteiger charge is 2.59. The first-order valence-corrected chi connectivity index (χ1v) is 19.9. The molecule has 0 bridgehead atoms. The Balaban J connectivity index is 1.22. The lowest BCUT2D eigenvalue weighted by Crippen LogP contribution is -2.51. The Hall–Kier alpha value is 0.160. The summed E-state index contributed by atoms with van der Waals surface area (Å²) in [6, 6.07) is 2.09. The van der Waals surface area contributed by atoms with Gasteiger partial charge in [0.1, 0.15) is 11.9 Å². The quantitative estimate of drug-likeness (QED) is 0.107. The molecule has 5 rings (SSSR count). The number of ether oxygens (including phenoxy) is 2. The summed E-state index contributed by atoms with van der Waals surface area (Å²) in [6.45, 7) is 12.5. The number of rotatable bonds is 9. The molecule has 6 heteroatoms. The molecule has 0 N–H and O–H groups in total. The lowest BCUT2D eigenvalue weighted by Gasteiger charge is -2.58. The molecule has 8 atom stereocenters. The van der Waals surface area contributed by atoms with Gasteiger partial charge in [-0.15, -0.1) is 0 Å². The summed E-state index contributed by atoms with van der Waals surface area (Å²) in [4.78, 5) is 13.0. The second-order valence-electron chi connectivity index (χ2n) is 15.0. The van der Waals surface area contributed by atoms with Gasteiger partial charge in [-0.05, 0) is 171 Å². The standard InChI is InChI=1S/C37H51I3O3/c1-22(2)8-7-9-23(3)28-13-14-29-26-11-10-24-20-25(16-18-36(24,4)30(26)17-19-37(28,29)5)43-33(41)15-12-27-31(38)21-32(39)35(42-6)34(27)40/h10,12,15,21-23,25-26,28-30H,7-9,11,13-14,16-20H2,1-6H3/t23-,25+,26+,28-,29+,30+,36+,37-/m1/s1. The first kappa shape index (κ1) is 34.5. The average Bonchev–Trinajstić information content (AvgIpc) is 3.30. The van der Waals surface area contributed by atoms with Crippen molar-refractivity contribution >= 4 is 79.8 Å². The van der Waals surface area contributed by atoms with Gasteiger partial charge < -0.3 is 9.47 Å². The van der Waals surface area contributed by atoms with Crippen LogP contribution >= 0.6 is 67.8 Å². The molecule has 1 aromatic rings. The van der Waals surface area contributed by atoms with Crippen molar-refractivity contribution in [3.05, 3.63) is 40.1 Å². The minimum Gasteiger partial charge on any atom is -0.495 e. The lowest BCUT2D eigenvalue weighted by atomic mass is 9.47. The Morgan fingerprint density at radius 2 is 1.79 bits per heavy atom. The van der Waals surface area contributed by atoms with Gasteiger partial charge in [-0.1, -0.05) is 65.5 Å². The largest absolute Gasteiger partial charge is 0.495 e. The van der Waals surface area contributed by atoms with Gasteiger partial charge in [-0.2, -0.15) is 0 Å². The molecule has 3 nitrogen and oxygen atoms in total.